The molecule has 1 aromatic heterocycles. The van der Waals surface area contributed by atoms with Gasteiger partial charge in [0.2, 0.25) is 0 Å². The van der Waals surface area contributed by atoms with Crippen molar-refractivity contribution in [2.45, 2.75) is 30.8 Å². The number of benzene rings is 2. The van der Waals surface area contributed by atoms with Gasteiger partial charge in [-0.25, -0.2) is 0 Å². The van der Waals surface area contributed by atoms with Gasteiger partial charge in [-0.1, -0.05) is 6.07 Å². The Hall–Kier alpha value is -2.26. The van der Waals surface area contributed by atoms with Crippen LogP contribution in [0.2, 0.25) is 0 Å². The highest BCUT2D eigenvalue weighted by Gasteiger charge is 2.29. The first-order valence-corrected chi connectivity index (χ1v) is 11.4. The van der Waals surface area contributed by atoms with Crippen LogP contribution in [0, 0.1) is 6.92 Å². The van der Waals surface area contributed by atoms with E-state index in [2.05, 4.69) is 4.90 Å². The molecule has 0 radical (unpaired) electrons. The molecule has 2 aromatic carbocycles. The van der Waals surface area contributed by atoms with Crippen molar-refractivity contribution in [1.82, 2.24) is 4.90 Å². The molecule has 7 nitrogen and oxygen atoms in total. The summed E-state index contributed by atoms with van der Waals surface area (Å²) in [6, 6.07) is 10.3. The van der Waals surface area contributed by atoms with Crippen molar-refractivity contribution in [2.24, 2.45) is 5.73 Å². The van der Waals surface area contributed by atoms with E-state index in [0.29, 0.717) is 12.2 Å². The summed E-state index contributed by atoms with van der Waals surface area (Å²) in [5.74, 6) is 0.238. The normalized spacial score (nSPS) is 17.5. The molecule has 0 spiro atoms. The Balaban J connectivity index is 1.74. The fourth-order valence-electron chi connectivity index (χ4n) is 3.82. The van der Waals surface area contributed by atoms with Crippen LogP contribution in [0.4, 0.5) is 5.69 Å². The molecule has 1 fully saturated rings. The highest BCUT2D eigenvalue weighted by molar-refractivity contribution is 7.94. The monoisotopic (exact) mass is 449 g/mol. The van der Waals surface area contributed by atoms with Gasteiger partial charge in [0, 0.05) is 48.4 Å². The van der Waals surface area contributed by atoms with E-state index in [1.165, 1.54) is 7.11 Å². The number of anilines is 1. The van der Waals surface area contributed by atoms with Crippen LogP contribution in [0.3, 0.4) is 0 Å². The van der Waals surface area contributed by atoms with Crippen molar-refractivity contribution < 1.29 is 17.6 Å². The lowest BCUT2D eigenvalue weighted by Gasteiger charge is -2.20. The first-order valence-electron chi connectivity index (χ1n) is 9.63. The Labute approximate surface area is 181 Å². The Morgan fingerprint density at radius 2 is 2.10 bits per heavy atom. The molecule has 1 unspecified atom stereocenters. The van der Waals surface area contributed by atoms with Gasteiger partial charge in [0.05, 0.1) is 19.1 Å². The topological polar surface area (TPSA) is 89.0 Å². The van der Waals surface area contributed by atoms with Gasteiger partial charge < -0.3 is 14.9 Å². The molecule has 1 saturated heterocycles. The first-order chi connectivity index (χ1) is 14.3. The minimum Gasteiger partial charge on any atom is -0.495 e. The molecule has 0 saturated carbocycles. The van der Waals surface area contributed by atoms with Gasteiger partial charge in [0.25, 0.3) is 10.0 Å². The maximum absolute atomic E-state index is 13.3. The molecule has 0 bridgehead atoms. The lowest BCUT2D eigenvalue weighted by molar-refractivity contribution is 0.326. The molecule has 0 aliphatic carbocycles. The van der Waals surface area contributed by atoms with Gasteiger partial charge in [-0.05, 0) is 49.2 Å². The number of aryl methyl sites for hydroxylation is 1. The Morgan fingerprint density at radius 1 is 1.30 bits per heavy atom. The molecular formula is C21H24ClN3O4S. The van der Waals surface area contributed by atoms with Gasteiger partial charge in [-0.3, -0.25) is 4.90 Å². The number of nitrogens with zero attached hydrogens (tertiary/aromatic N) is 2. The van der Waals surface area contributed by atoms with E-state index in [9.17, 15) is 8.42 Å². The van der Waals surface area contributed by atoms with Gasteiger partial charge in [-0.15, -0.1) is 0 Å². The molecule has 3 aromatic rings. The number of methoxy groups -OCH3 is 1. The van der Waals surface area contributed by atoms with Crippen molar-refractivity contribution in [3.05, 3.63) is 53.8 Å². The SMILES string of the molecule is COc1ccc(C)cc1S(=O)(=O)N(Cl)c1cc(CN2CCC(N)C2)c2occc2c1. The zero-order valence-corrected chi connectivity index (χ0v) is 18.4. The number of fused-ring (bicyclic) bond motifs is 1. The van der Waals surface area contributed by atoms with E-state index >= 15 is 0 Å². The molecular weight excluding hydrogens is 426 g/mol. The van der Waals surface area contributed by atoms with Crippen LogP contribution in [0.25, 0.3) is 11.0 Å². The van der Waals surface area contributed by atoms with Crippen molar-refractivity contribution in [3.8, 4) is 5.75 Å². The quantitative estimate of drug-likeness (QED) is 0.578. The molecule has 2 N–H and O–H groups in total. The van der Waals surface area contributed by atoms with Crippen LogP contribution in [0.15, 0.2) is 52.0 Å². The lowest BCUT2D eigenvalue weighted by Crippen LogP contribution is -2.26. The van der Waals surface area contributed by atoms with E-state index in [4.69, 9.17) is 26.7 Å². The summed E-state index contributed by atoms with van der Waals surface area (Å²) >= 11 is 6.42. The summed E-state index contributed by atoms with van der Waals surface area (Å²) in [5.41, 5.74) is 8.73. The van der Waals surface area contributed by atoms with E-state index in [0.717, 1.165) is 45.4 Å². The highest BCUT2D eigenvalue weighted by atomic mass is 35.5. The molecule has 4 rings (SSSR count). The van der Waals surface area contributed by atoms with E-state index < -0.39 is 10.0 Å². The molecule has 160 valence electrons. The third kappa shape index (κ3) is 3.88. The van der Waals surface area contributed by atoms with Gasteiger partial charge in [-0.2, -0.15) is 12.2 Å². The summed E-state index contributed by atoms with van der Waals surface area (Å²) in [6.07, 6.45) is 2.52. The van der Waals surface area contributed by atoms with Gasteiger partial charge in [0.15, 0.2) is 0 Å². The first kappa shape index (κ1) is 21.0. The predicted molar refractivity (Wildman–Crippen MR) is 117 cm³/mol. The Bertz CT molecular complexity index is 1180. The summed E-state index contributed by atoms with van der Waals surface area (Å²) in [6.45, 7) is 4.09. The number of rotatable bonds is 6. The number of likely N-dealkylation sites (tertiary alicyclic amines) is 1. The molecule has 30 heavy (non-hydrogen) atoms. The zero-order chi connectivity index (χ0) is 21.5. The second kappa shape index (κ2) is 8.11. The minimum absolute atomic E-state index is 0.0133. The molecule has 9 heteroatoms. The largest absolute Gasteiger partial charge is 0.495 e. The van der Waals surface area contributed by atoms with Crippen LogP contribution in [0.1, 0.15) is 17.5 Å². The fraction of sp³-hybridized carbons (Fsp3) is 0.333. The average molecular weight is 450 g/mol. The third-order valence-electron chi connectivity index (χ3n) is 5.33. The maximum atomic E-state index is 13.3. The number of sulfonamides is 1. The summed E-state index contributed by atoms with van der Waals surface area (Å²) in [5, 5.41) is 0.781. The highest BCUT2D eigenvalue weighted by Crippen LogP contribution is 2.35. The van der Waals surface area contributed by atoms with Crippen molar-refractivity contribution >= 4 is 38.5 Å². The second-order valence-electron chi connectivity index (χ2n) is 7.60. The van der Waals surface area contributed by atoms with Gasteiger partial charge >= 0.3 is 0 Å². The molecule has 2 heterocycles. The van der Waals surface area contributed by atoms with Crippen LogP contribution in [0.5, 0.6) is 5.75 Å². The standard InChI is InChI=1S/C21H24ClN3O4S/c1-14-3-4-19(28-2)20(9-14)30(26,27)25(22)18-10-15-6-8-29-21(15)16(11-18)12-24-7-5-17(23)13-24/h3-4,6,8-11,17H,5,7,12-13,23H2,1-2H3. The van der Waals surface area contributed by atoms with Crippen LogP contribution >= 0.6 is 11.8 Å². The molecule has 0 amide bonds. The predicted octanol–water partition coefficient (Wildman–Crippen LogP) is 3.63. The summed E-state index contributed by atoms with van der Waals surface area (Å²) in [7, 11) is -2.62. The van der Waals surface area contributed by atoms with E-state index in [1.54, 1.807) is 42.7 Å². The van der Waals surface area contributed by atoms with Crippen molar-refractivity contribution in [1.29, 1.82) is 0 Å². The number of hydrogen-bond acceptors (Lipinski definition) is 6. The summed E-state index contributed by atoms with van der Waals surface area (Å²) < 4.78 is 38.3. The van der Waals surface area contributed by atoms with Crippen molar-refractivity contribution in [3.63, 3.8) is 0 Å². The third-order valence-corrected chi connectivity index (χ3v) is 7.57. The second-order valence-corrected chi connectivity index (χ2v) is 9.90. The van der Waals surface area contributed by atoms with E-state index in [1.807, 2.05) is 6.92 Å². The summed E-state index contributed by atoms with van der Waals surface area (Å²) in [4.78, 5) is 2.24. The zero-order valence-electron chi connectivity index (χ0n) is 16.8. The lowest BCUT2D eigenvalue weighted by atomic mass is 10.1. The van der Waals surface area contributed by atoms with Crippen LogP contribution in [-0.4, -0.2) is 39.6 Å². The fourth-order valence-corrected chi connectivity index (χ4v) is 5.43. The van der Waals surface area contributed by atoms with Crippen LogP contribution in [-0.2, 0) is 16.6 Å². The number of nitrogens with two attached hydrogens (primary N) is 1. The number of hydrogen-bond donors (Lipinski definition) is 1. The Morgan fingerprint density at radius 3 is 2.80 bits per heavy atom. The van der Waals surface area contributed by atoms with Crippen LogP contribution < -0.4 is 14.3 Å². The van der Waals surface area contributed by atoms with E-state index in [-0.39, 0.29) is 16.7 Å². The van der Waals surface area contributed by atoms with Gasteiger partial charge in [0.1, 0.15) is 16.2 Å². The van der Waals surface area contributed by atoms with Crippen molar-refractivity contribution in [2.75, 3.05) is 24.0 Å². The Kier molecular flexibility index (Phi) is 5.67. The minimum atomic E-state index is -4.05. The molecule has 1 aliphatic rings. The maximum Gasteiger partial charge on any atom is 0.281 e. The number of halogens is 1. The average Bonchev–Trinajstić information content (AvgIpc) is 3.36. The molecule has 1 aliphatic heterocycles. The molecule has 1 atom stereocenters. The smallest absolute Gasteiger partial charge is 0.281 e. The number of furan rings is 1. The number of ether oxygens (including phenoxy) is 1.